The Bertz CT molecular complexity index is 2870. The Morgan fingerprint density at radius 2 is 1.75 bits per heavy atom. The third kappa shape index (κ3) is 10.9. The number of H-pyrrole nitrogens is 1. The highest BCUT2D eigenvalue weighted by Crippen LogP contribution is 2.49. The Hall–Kier alpha value is -5.82. The van der Waals surface area contributed by atoms with Crippen molar-refractivity contribution in [2.24, 2.45) is 11.3 Å². The first-order valence-electron chi connectivity index (χ1n) is 25.0. The van der Waals surface area contributed by atoms with E-state index in [9.17, 15) is 28.4 Å². The van der Waals surface area contributed by atoms with Gasteiger partial charge in [0.15, 0.2) is 5.75 Å². The standard InChI is InChI=1S/C53H66FN7O9S/c1-33(2)38-9-6-7-10-39(38)40-11-8-12-45(40)60-31-53(32-60)21-23-59(24-22-53)36-13-15-41(47(25-36)70-48-27-42-43(54)29-56-49(42)57-51(48)69-30-34(3)68-5)50(62)58-71(66,67)37-14-16-44(46(26-37)61(64)65)55-28-35-17-19-52(4,63)20-18-35/h6-7,9-10,13-16,25-27,29,33-35,40,45,55,63H,8,11-12,17-24,28,30-32H2,1-5H3,(H,56,57)(H,58,62)/t34-,35?,40-,45-,52?/m0/s1. The molecule has 18 heteroatoms. The van der Waals surface area contributed by atoms with Crippen LogP contribution >= 0.6 is 0 Å². The number of aromatic amines is 1. The van der Waals surface area contributed by atoms with E-state index in [2.05, 4.69) is 67.9 Å². The summed E-state index contributed by atoms with van der Waals surface area (Å²) in [7, 11) is -3.15. The smallest absolute Gasteiger partial charge is 0.293 e. The van der Waals surface area contributed by atoms with Gasteiger partial charge in [0.25, 0.3) is 27.5 Å². The Kier molecular flexibility index (Phi) is 14.4. The van der Waals surface area contributed by atoms with Crippen LogP contribution in [0.2, 0.25) is 0 Å². The minimum absolute atomic E-state index is 0.0179. The number of fused-ring (bicyclic) bond motifs is 1. The molecule has 1 spiro atoms. The average Bonchev–Trinajstić information content (AvgIpc) is 3.97. The fourth-order valence-electron chi connectivity index (χ4n) is 11.2. The Morgan fingerprint density at radius 3 is 2.46 bits per heavy atom. The molecule has 2 saturated carbocycles. The van der Waals surface area contributed by atoms with Crippen molar-refractivity contribution < 1.29 is 41.8 Å². The van der Waals surface area contributed by atoms with Gasteiger partial charge >= 0.3 is 0 Å². The first-order chi connectivity index (χ1) is 33.9. The van der Waals surface area contributed by atoms with Crippen molar-refractivity contribution >= 4 is 44.0 Å². The van der Waals surface area contributed by atoms with E-state index in [1.54, 1.807) is 26.0 Å². The highest BCUT2D eigenvalue weighted by atomic mass is 32.2. The van der Waals surface area contributed by atoms with Crippen molar-refractivity contribution in [3.05, 3.63) is 106 Å². The third-order valence-corrected chi connectivity index (χ3v) is 16.9. The molecule has 0 unspecified atom stereocenters. The molecule has 71 heavy (non-hydrogen) atoms. The predicted molar refractivity (Wildman–Crippen MR) is 270 cm³/mol. The molecule has 5 aromatic rings. The van der Waals surface area contributed by atoms with Crippen molar-refractivity contribution in [2.75, 3.05) is 56.7 Å². The van der Waals surface area contributed by atoms with Gasteiger partial charge in [0.05, 0.1) is 32.5 Å². The molecule has 0 bridgehead atoms. The Morgan fingerprint density at radius 1 is 1.00 bits per heavy atom. The molecule has 2 aliphatic heterocycles. The number of nitro groups is 1. The number of hydrogen-bond donors (Lipinski definition) is 4. The first-order valence-corrected chi connectivity index (χ1v) is 26.4. The summed E-state index contributed by atoms with van der Waals surface area (Å²) in [5.74, 6) is -0.564. The van der Waals surface area contributed by atoms with Crippen LogP contribution in [-0.4, -0.2) is 103 Å². The lowest BCUT2D eigenvalue weighted by atomic mass is 9.70. The van der Waals surface area contributed by atoms with Crippen molar-refractivity contribution in [1.29, 1.82) is 0 Å². The van der Waals surface area contributed by atoms with Gasteiger partial charge in [-0.15, -0.1) is 0 Å². The number of hydrogen-bond acceptors (Lipinski definition) is 13. The normalized spacial score (nSPS) is 22.9. The number of rotatable bonds is 17. The van der Waals surface area contributed by atoms with E-state index in [4.69, 9.17) is 14.2 Å². The fraction of sp³-hybridized carbons (Fsp3) is 0.509. The Balaban J connectivity index is 0.951. The van der Waals surface area contributed by atoms with Crippen LogP contribution in [0, 0.1) is 27.3 Å². The number of nitrogens with one attached hydrogen (secondary N) is 3. The maximum absolute atomic E-state index is 15.1. The molecule has 0 radical (unpaired) electrons. The summed E-state index contributed by atoms with van der Waals surface area (Å²) in [6, 6.07) is 19.2. The Labute approximate surface area is 414 Å². The molecule has 3 aromatic carbocycles. The van der Waals surface area contributed by atoms with Gasteiger partial charge in [0.2, 0.25) is 0 Å². The van der Waals surface area contributed by atoms with E-state index in [0.29, 0.717) is 37.3 Å². The van der Waals surface area contributed by atoms with Crippen LogP contribution in [0.5, 0.6) is 17.4 Å². The number of pyridine rings is 1. The van der Waals surface area contributed by atoms with Gasteiger partial charge in [-0.05, 0) is 124 Å². The van der Waals surface area contributed by atoms with Crippen LogP contribution in [0.25, 0.3) is 11.0 Å². The summed E-state index contributed by atoms with van der Waals surface area (Å²) in [6.45, 7) is 12.2. The summed E-state index contributed by atoms with van der Waals surface area (Å²) in [5, 5.41) is 25.8. The van der Waals surface area contributed by atoms with Crippen LogP contribution in [0.3, 0.4) is 0 Å². The van der Waals surface area contributed by atoms with Crippen molar-refractivity contribution in [1.82, 2.24) is 19.6 Å². The van der Waals surface area contributed by atoms with Crippen LogP contribution in [0.15, 0.2) is 77.8 Å². The largest absolute Gasteiger partial charge is 0.472 e. The lowest BCUT2D eigenvalue weighted by molar-refractivity contribution is -0.384. The molecule has 4 aliphatic rings. The number of likely N-dealkylation sites (tertiary alicyclic amines) is 1. The van der Waals surface area contributed by atoms with Crippen LogP contribution in [-0.2, 0) is 14.8 Å². The van der Waals surface area contributed by atoms with Gasteiger partial charge in [0, 0.05) is 76.0 Å². The summed E-state index contributed by atoms with van der Waals surface area (Å²) in [5.41, 5.74) is 2.84. The van der Waals surface area contributed by atoms with Crippen LogP contribution < -0.4 is 24.4 Å². The second kappa shape index (κ2) is 20.4. The number of amides is 1. The number of carbonyl (C=O) groups excluding carboxylic acids is 1. The number of aromatic nitrogens is 2. The quantitative estimate of drug-likeness (QED) is 0.0507. The second-order valence-electron chi connectivity index (χ2n) is 20.9. The zero-order valence-electron chi connectivity index (χ0n) is 41.2. The van der Waals surface area contributed by atoms with Gasteiger partial charge in [-0.1, -0.05) is 44.5 Å². The van der Waals surface area contributed by atoms with E-state index < -0.39 is 42.9 Å². The summed E-state index contributed by atoms with van der Waals surface area (Å²) in [4.78, 5) is 37.6. The highest BCUT2D eigenvalue weighted by Gasteiger charge is 2.49. The monoisotopic (exact) mass is 995 g/mol. The minimum Gasteiger partial charge on any atom is -0.472 e. The van der Waals surface area contributed by atoms with E-state index in [1.807, 2.05) is 0 Å². The number of sulfonamides is 1. The van der Waals surface area contributed by atoms with Gasteiger partial charge in [-0.2, -0.15) is 4.98 Å². The lowest BCUT2D eigenvalue weighted by Crippen LogP contribution is -2.63. The summed E-state index contributed by atoms with van der Waals surface area (Å²) < 4.78 is 62.9. The van der Waals surface area contributed by atoms with Crippen molar-refractivity contribution in [2.45, 2.75) is 120 Å². The molecule has 380 valence electrons. The maximum Gasteiger partial charge on any atom is 0.293 e. The predicted octanol–water partition coefficient (Wildman–Crippen LogP) is 9.65. The summed E-state index contributed by atoms with van der Waals surface area (Å²) in [6.07, 6.45) is 9.09. The SMILES string of the molecule is CO[C@@H](C)COc1nc2[nH]cc(F)c2cc1Oc1cc(N2CCC3(CC2)CN([C@H]2CCC[C@H]2c2ccccc2C(C)C)C3)ccc1C(=O)NS(=O)(=O)c1ccc(NCC2CCC(C)(O)CC2)c([N+](=O)[O-])c1. The maximum atomic E-state index is 15.1. The van der Waals surface area contributed by atoms with Gasteiger partial charge in [-0.25, -0.2) is 17.5 Å². The molecule has 2 saturated heterocycles. The molecule has 4 N–H and O–H groups in total. The molecular formula is C53H66FN7O9S. The third-order valence-electron chi connectivity index (χ3n) is 15.5. The van der Waals surface area contributed by atoms with E-state index >= 15 is 4.39 Å². The average molecular weight is 996 g/mol. The molecule has 9 rings (SSSR count). The number of anilines is 2. The van der Waals surface area contributed by atoms with Gasteiger partial charge in [-0.3, -0.25) is 19.8 Å². The molecule has 16 nitrogen and oxygen atoms in total. The van der Waals surface area contributed by atoms with Gasteiger partial charge in [0.1, 0.15) is 29.5 Å². The molecular weight excluding hydrogens is 930 g/mol. The molecule has 2 aromatic heterocycles. The zero-order chi connectivity index (χ0) is 50.2. The minimum atomic E-state index is -4.69. The second-order valence-corrected chi connectivity index (χ2v) is 22.6. The number of nitrogens with zero attached hydrogens (tertiary/aromatic N) is 4. The molecule has 4 heterocycles. The number of piperidine rings is 1. The van der Waals surface area contributed by atoms with Gasteiger partial charge < -0.3 is 34.5 Å². The highest BCUT2D eigenvalue weighted by molar-refractivity contribution is 7.90. The summed E-state index contributed by atoms with van der Waals surface area (Å²) >= 11 is 0. The van der Waals surface area contributed by atoms with Crippen molar-refractivity contribution in [3.8, 4) is 17.4 Å². The van der Waals surface area contributed by atoms with Crippen LogP contribution in [0.1, 0.15) is 119 Å². The topological polar surface area (TPSA) is 201 Å². The number of carbonyl (C=O) groups is 1. The molecule has 4 fully saturated rings. The zero-order valence-corrected chi connectivity index (χ0v) is 42.0. The molecule has 2 aliphatic carbocycles. The number of aliphatic hydroxyl groups is 1. The number of ether oxygens (including phenoxy) is 3. The number of halogens is 1. The first kappa shape index (κ1) is 50.1. The van der Waals surface area contributed by atoms with Crippen LogP contribution in [0.4, 0.5) is 21.5 Å². The number of nitro benzene ring substituents is 1. The number of methoxy groups -OCH3 is 1. The molecule has 1 amide bonds. The number of benzene rings is 3. The lowest BCUT2D eigenvalue weighted by Gasteiger charge is -2.57. The van der Waals surface area contributed by atoms with E-state index in [1.165, 1.54) is 61.8 Å². The van der Waals surface area contributed by atoms with E-state index in [-0.39, 0.29) is 63.7 Å². The molecule has 3 atom stereocenters. The fourth-order valence-corrected chi connectivity index (χ4v) is 12.2. The van der Waals surface area contributed by atoms with Crippen molar-refractivity contribution in [3.63, 3.8) is 0 Å². The van der Waals surface area contributed by atoms with E-state index in [0.717, 1.165) is 69.8 Å².